The number of hydrogen-bond donors (Lipinski definition) is 1. The average Bonchev–Trinajstić information content (AvgIpc) is 2.78. The minimum atomic E-state index is -0.476. The summed E-state index contributed by atoms with van der Waals surface area (Å²) in [6.45, 7) is 6.39. The predicted molar refractivity (Wildman–Crippen MR) is 80.5 cm³/mol. The van der Waals surface area contributed by atoms with Crippen LogP contribution in [0.3, 0.4) is 0 Å². The number of aromatic nitrogens is 2. The quantitative estimate of drug-likeness (QED) is 0.931. The number of nitrogens with two attached hydrogens (primary N) is 1. The van der Waals surface area contributed by atoms with E-state index in [0.29, 0.717) is 23.7 Å². The number of hydrogen-bond acceptors (Lipinski definition) is 4. The molecule has 0 aliphatic rings. The van der Waals surface area contributed by atoms with E-state index in [-0.39, 0.29) is 16.5 Å². The molecule has 2 N–H and O–H groups in total. The second-order valence-electron chi connectivity index (χ2n) is 6.37. The van der Waals surface area contributed by atoms with Gasteiger partial charge in [-0.1, -0.05) is 37.5 Å². The lowest BCUT2D eigenvalue weighted by Gasteiger charge is -2.21. The van der Waals surface area contributed by atoms with E-state index in [2.05, 4.69) is 30.9 Å². The third-order valence-corrected chi connectivity index (χ3v) is 3.25. The molecule has 0 saturated carbocycles. The van der Waals surface area contributed by atoms with Crippen LogP contribution < -0.4 is 5.73 Å². The van der Waals surface area contributed by atoms with Crippen LogP contribution in [0.2, 0.25) is 5.02 Å². The minimum absolute atomic E-state index is 0.0308. The van der Waals surface area contributed by atoms with Crippen LogP contribution in [0, 0.1) is 11.2 Å². The molecule has 0 radical (unpaired) electrons. The number of halogens is 2. The first-order chi connectivity index (χ1) is 9.74. The van der Waals surface area contributed by atoms with Crippen LogP contribution in [0.15, 0.2) is 22.7 Å². The van der Waals surface area contributed by atoms with Gasteiger partial charge in [-0.15, -0.1) is 0 Å². The lowest BCUT2D eigenvalue weighted by Crippen LogP contribution is -2.28. The number of nitrogens with zero attached hydrogens (tertiary/aromatic N) is 2. The highest BCUT2D eigenvalue weighted by Gasteiger charge is 2.19. The van der Waals surface area contributed by atoms with Crippen LogP contribution >= 0.6 is 11.6 Å². The van der Waals surface area contributed by atoms with Crippen molar-refractivity contribution in [2.45, 2.75) is 39.7 Å². The predicted octanol–water partition coefficient (Wildman–Crippen LogP) is 3.84. The second kappa shape index (κ2) is 6.12. The third-order valence-electron chi connectivity index (χ3n) is 2.96. The minimum Gasteiger partial charge on any atom is -0.339 e. The highest BCUT2D eigenvalue weighted by atomic mass is 35.5. The molecule has 6 heteroatoms. The van der Waals surface area contributed by atoms with Gasteiger partial charge in [0.1, 0.15) is 5.82 Å². The van der Waals surface area contributed by atoms with Gasteiger partial charge in [0.2, 0.25) is 11.7 Å². The largest absolute Gasteiger partial charge is 0.339 e. The maximum absolute atomic E-state index is 13.1. The molecule has 21 heavy (non-hydrogen) atoms. The van der Waals surface area contributed by atoms with Crippen LogP contribution in [-0.4, -0.2) is 16.2 Å². The molecule has 0 fully saturated rings. The monoisotopic (exact) mass is 311 g/mol. The highest BCUT2D eigenvalue weighted by molar-refractivity contribution is 6.31. The number of rotatable bonds is 4. The van der Waals surface area contributed by atoms with Crippen LogP contribution in [0.1, 0.15) is 33.1 Å². The number of benzene rings is 1. The van der Waals surface area contributed by atoms with E-state index in [9.17, 15) is 4.39 Å². The van der Waals surface area contributed by atoms with Crippen molar-refractivity contribution in [2.75, 3.05) is 0 Å². The second-order valence-corrected chi connectivity index (χ2v) is 6.78. The van der Waals surface area contributed by atoms with Gasteiger partial charge in [-0.25, -0.2) is 4.39 Å². The Morgan fingerprint density at radius 2 is 2.10 bits per heavy atom. The average molecular weight is 312 g/mol. The highest BCUT2D eigenvalue weighted by Crippen LogP contribution is 2.24. The Labute approximate surface area is 128 Å². The van der Waals surface area contributed by atoms with Crippen molar-refractivity contribution in [3.63, 3.8) is 0 Å². The fraction of sp³-hybridized carbons (Fsp3) is 0.467. The molecule has 1 aromatic carbocycles. The molecule has 4 nitrogen and oxygen atoms in total. The van der Waals surface area contributed by atoms with Gasteiger partial charge in [0, 0.05) is 18.0 Å². The van der Waals surface area contributed by atoms with Crippen molar-refractivity contribution in [3.8, 4) is 11.4 Å². The Morgan fingerprint density at radius 3 is 2.71 bits per heavy atom. The summed E-state index contributed by atoms with van der Waals surface area (Å²) in [5.74, 6) is 0.383. The topological polar surface area (TPSA) is 64.9 Å². The summed E-state index contributed by atoms with van der Waals surface area (Å²) in [6, 6.07) is 4.26. The summed E-state index contributed by atoms with van der Waals surface area (Å²) >= 11 is 5.75. The molecule has 0 spiro atoms. The summed E-state index contributed by atoms with van der Waals surface area (Å²) in [5, 5.41) is 3.91. The molecule has 1 unspecified atom stereocenters. The fourth-order valence-corrected chi connectivity index (χ4v) is 2.35. The zero-order valence-corrected chi connectivity index (χ0v) is 13.1. The maximum Gasteiger partial charge on any atom is 0.228 e. The SMILES string of the molecule is CC(C)(C)CC(N)Cc1nc(-c2ccc(F)c(Cl)c2)no1. The van der Waals surface area contributed by atoms with Crippen LogP contribution in [0.5, 0.6) is 0 Å². The van der Waals surface area contributed by atoms with Crippen LogP contribution in [-0.2, 0) is 6.42 Å². The third kappa shape index (κ3) is 4.51. The summed E-state index contributed by atoms with van der Waals surface area (Å²) in [6.07, 6.45) is 1.37. The normalized spacial score (nSPS) is 13.4. The molecule has 1 atom stereocenters. The molecule has 2 rings (SSSR count). The molecular formula is C15H19ClFN3O. The summed E-state index contributed by atoms with van der Waals surface area (Å²) in [5.41, 5.74) is 6.84. The maximum atomic E-state index is 13.1. The molecule has 1 heterocycles. The van der Waals surface area contributed by atoms with E-state index in [0.717, 1.165) is 6.42 Å². The van der Waals surface area contributed by atoms with Crippen LogP contribution in [0.25, 0.3) is 11.4 Å². The van der Waals surface area contributed by atoms with Gasteiger partial charge in [0.05, 0.1) is 5.02 Å². The van der Waals surface area contributed by atoms with Crippen molar-refractivity contribution in [1.29, 1.82) is 0 Å². The van der Waals surface area contributed by atoms with Gasteiger partial charge in [-0.2, -0.15) is 4.98 Å². The van der Waals surface area contributed by atoms with Crippen molar-refractivity contribution < 1.29 is 8.91 Å². The van der Waals surface area contributed by atoms with Crippen molar-refractivity contribution in [3.05, 3.63) is 34.9 Å². The first kappa shape index (κ1) is 15.9. The van der Waals surface area contributed by atoms with Gasteiger partial charge in [0.15, 0.2) is 0 Å². The van der Waals surface area contributed by atoms with Gasteiger partial charge in [-0.05, 0) is 30.0 Å². The molecule has 0 saturated heterocycles. The molecule has 2 aromatic rings. The summed E-state index contributed by atoms with van der Waals surface area (Å²) < 4.78 is 18.3. The molecular weight excluding hydrogens is 293 g/mol. The van der Waals surface area contributed by atoms with E-state index in [4.69, 9.17) is 21.9 Å². The van der Waals surface area contributed by atoms with Gasteiger partial charge < -0.3 is 10.3 Å². The Hall–Kier alpha value is -1.46. The molecule has 1 aromatic heterocycles. The zero-order chi connectivity index (χ0) is 15.6. The first-order valence-corrected chi connectivity index (χ1v) is 7.16. The van der Waals surface area contributed by atoms with Gasteiger partial charge in [-0.3, -0.25) is 0 Å². The van der Waals surface area contributed by atoms with Crippen molar-refractivity contribution in [1.82, 2.24) is 10.1 Å². The lowest BCUT2D eigenvalue weighted by atomic mass is 9.87. The molecule has 114 valence electrons. The Balaban J connectivity index is 2.09. The molecule has 0 bridgehead atoms. The standard InChI is InChI=1S/C15H19ClFN3O/c1-15(2,3)8-10(18)7-13-19-14(20-21-13)9-4-5-12(17)11(16)6-9/h4-6,10H,7-8,18H2,1-3H3. The molecule has 0 aliphatic heterocycles. The summed E-state index contributed by atoms with van der Waals surface area (Å²) in [4.78, 5) is 4.28. The van der Waals surface area contributed by atoms with E-state index in [1.807, 2.05) is 0 Å². The van der Waals surface area contributed by atoms with E-state index < -0.39 is 5.82 Å². The summed E-state index contributed by atoms with van der Waals surface area (Å²) in [7, 11) is 0. The Morgan fingerprint density at radius 1 is 1.38 bits per heavy atom. The molecule has 0 amide bonds. The van der Waals surface area contributed by atoms with Gasteiger partial charge >= 0.3 is 0 Å². The zero-order valence-electron chi connectivity index (χ0n) is 12.4. The fourth-order valence-electron chi connectivity index (χ4n) is 2.17. The van der Waals surface area contributed by atoms with Crippen LogP contribution in [0.4, 0.5) is 4.39 Å². The Kier molecular flexibility index (Phi) is 4.64. The van der Waals surface area contributed by atoms with Gasteiger partial charge in [0.25, 0.3) is 0 Å². The van der Waals surface area contributed by atoms with E-state index in [1.165, 1.54) is 12.1 Å². The first-order valence-electron chi connectivity index (χ1n) is 6.78. The van der Waals surface area contributed by atoms with Crippen molar-refractivity contribution >= 4 is 11.6 Å². The van der Waals surface area contributed by atoms with E-state index >= 15 is 0 Å². The Bertz CT molecular complexity index is 622. The lowest BCUT2D eigenvalue weighted by molar-refractivity contribution is 0.313. The van der Waals surface area contributed by atoms with E-state index in [1.54, 1.807) is 6.07 Å². The smallest absolute Gasteiger partial charge is 0.228 e. The van der Waals surface area contributed by atoms with Crippen molar-refractivity contribution in [2.24, 2.45) is 11.1 Å². The molecule has 0 aliphatic carbocycles.